The second-order valence-electron chi connectivity index (χ2n) is 22.6. The molecule has 0 unspecified atom stereocenters. The van der Waals surface area contributed by atoms with Gasteiger partial charge in [-0.15, -0.1) is 0 Å². The number of nitriles is 1. The lowest BCUT2D eigenvalue weighted by Gasteiger charge is -2.31. The molecule has 0 N–H and O–H groups in total. The Hall–Kier alpha value is -9.18. The van der Waals surface area contributed by atoms with E-state index in [-0.39, 0.29) is 10.8 Å². The number of nitrogens with zero attached hydrogens (tertiary/aromatic N) is 6. The molecule has 10 aromatic rings. The number of aromatic nitrogens is 1. The normalized spacial score (nSPS) is 12.8. The van der Waals surface area contributed by atoms with E-state index in [1.807, 2.05) is 18.3 Å². The summed E-state index contributed by atoms with van der Waals surface area (Å²) in [5.74, 6) is 0.779. The number of rotatable bonds is 8. The SMILES string of the molecule is Cc1cccc(C)c1-c1ccnc(N2c3ccc(C#N)cc3-c3ccccc3-c3ccc(N(c4ccccc4)c4cc(-c5ccccc5)cc(N5CN(c6cc(C(C)(C)C)cc(C(C)(C)C)c6)c6ccccc65)c4)cc32)c1. The third-order valence-corrected chi connectivity index (χ3v) is 15.4. The number of hydrogen-bond acceptors (Lipinski definition) is 6. The van der Waals surface area contributed by atoms with E-state index in [4.69, 9.17) is 4.98 Å². The first-order chi connectivity index (χ1) is 37.2. The molecule has 0 fully saturated rings. The molecule has 1 aromatic heterocycles. The second kappa shape index (κ2) is 19.2. The number of anilines is 10. The maximum atomic E-state index is 10.3. The van der Waals surface area contributed by atoms with Crippen molar-refractivity contribution in [2.45, 2.75) is 66.2 Å². The molecule has 0 aliphatic carbocycles. The number of pyridine rings is 1. The molecule has 2 aliphatic rings. The molecule has 2 aliphatic heterocycles. The molecular formula is C71H62N6. The molecule has 0 atom stereocenters. The summed E-state index contributed by atoms with van der Waals surface area (Å²) >= 11 is 0. The number of benzene rings is 9. The molecule has 9 aromatic carbocycles. The highest BCUT2D eigenvalue weighted by Crippen LogP contribution is 2.54. The minimum Gasteiger partial charge on any atom is -0.321 e. The molecule has 0 spiro atoms. The van der Waals surface area contributed by atoms with Gasteiger partial charge in [0.25, 0.3) is 0 Å². The molecule has 376 valence electrons. The molecule has 0 amide bonds. The van der Waals surface area contributed by atoms with Gasteiger partial charge in [0.05, 0.1) is 34.4 Å². The molecule has 6 heteroatoms. The van der Waals surface area contributed by atoms with E-state index < -0.39 is 0 Å². The van der Waals surface area contributed by atoms with Crippen LogP contribution in [-0.4, -0.2) is 11.7 Å². The van der Waals surface area contributed by atoms with Crippen LogP contribution in [0.4, 0.5) is 57.0 Å². The van der Waals surface area contributed by atoms with Gasteiger partial charge in [0.15, 0.2) is 0 Å². The maximum absolute atomic E-state index is 10.3. The van der Waals surface area contributed by atoms with Crippen molar-refractivity contribution < 1.29 is 0 Å². The average Bonchev–Trinajstić information content (AvgIpc) is 3.91. The Kier molecular flexibility index (Phi) is 12.1. The summed E-state index contributed by atoms with van der Waals surface area (Å²) in [7, 11) is 0. The zero-order chi connectivity index (χ0) is 53.2. The smallest absolute Gasteiger partial charge is 0.138 e. The van der Waals surface area contributed by atoms with E-state index in [9.17, 15) is 5.26 Å². The standard InChI is InChI=1S/C71H62N6/c1-47-20-19-21-48(2)69(47)51-34-35-73-68(39-51)77-64-33-30-49(45-72)36-63(64)61-27-16-15-26-60(61)62-32-31-56(44-67(62)77)76(55-24-13-10-14-25-55)59-38-52(50-22-11-9-12-23-50)37-57(43-59)74-46-75(66-29-18-17-28-65(66)74)58-41-53(70(3,4)5)40-54(42-58)71(6,7)8/h9-44H,46H2,1-8H3. The van der Waals surface area contributed by atoms with Crippen LogP contribution < -0.4 is 19.6 Å². The molecule has 0 saturated carbocycles. The van der Waals surface area contributed by atoms with Crippen LogP contribution in [0.15, 0.2) is 219 Å². The largest absolute Gasteiger partial charge is 0.321 e. The van der Waals surface area contributed by atoms with E-state index in [0.717, 1.165) is 84.6 Å². The van der Waals surface area contributed by atoms with Gasteiger partial charge >= 0.3 is 0 Å². The maximum Gasteiger partial charge on any atom is 0.138 e. The van der Waals surface area contributed by atoms with Crippen molar-refractivity contribution >= 4 is 57.0 Å². The predicted octanol–water partition coefficient (Wildman–Crippen LogP) is 19.3. The van der Waals surface area contributed by atoms with Crippen molar-refractivity contribution in [3.63, 3.8) is 0 Å². The average molecular weight is 999 g/mol. The Balaban J connectivity index is 1.07. The number of aryl methyl sites for hydroxylation is 2. The Morgan fingerprint density at radius 1 is 0.442 bits per heavy atom. The molecule has 0 saturated heterocycles. The lowest BCUT2D eigenvalue weighted by atomic mass is 9.80. The van der Waals surface area contributed by atoms with Crippen molar-refractivity contribution in [2.75, 3.05) is 26.3 Å². The zero-order valence-electron chi connectivity index (χ0n) is 45.2. The lowest BCUT2D eigenvalue weighted by molar-refractivity contribution is 0.568. The van der Waals surface area contributed by atoms with Crippen LogP contribution in [0.1, 0.15) is 69.4 Å². The third-order valence-electron chi connectivity index (χ3n) is 15.4. The van der Waals surface area contributed by atoms with Crippen molar-refractivity contribution in [1.82, 2.24) is 4.98 Å². The highest BCUT2D eigenvalue weighted by atomic mass is 15.4. The fraction of sp³-hybridized carbons (Fsp3) is 0.155. The summed E-state index contributed by atoms with van der Waals surface area (Å²) in [5, 5.41) is 10.3. The van der Waals surface area contributed by atoms with Crippen LogP contribution in [0.3, 0.4) is 0 Å². The predicted molar refractivity (Wildman–Crippen MR) is 323 cm³/mol. The zero-order valence-corrected chi connectivity index (χ0v) is 45.2. The lowest BCUT2D eigenvalue weighted by Crippen LogP contribution is -2.25. The summed E-state index contributed by atoms with van der Waals surface area (Å²) in [4.78, 5) is 14.9. The van der Waals surface area contributed by atoms with Crippen LogP contribution in [0.25, 0.3) is 44.5 Å². The second-order valence-corrected chi connectivity index (χ2v) is 22.6. The summed E-state index contributed by atoms with van der Waals surface area (Å²) in [6.07, 6.45) is 1.93. The van der Waals surface area contributed by atoms with Crippen molar-refractivity contribution in [3.8, 4) is 50.6 Å². The van der Waals surface area contributed by atoms with Crippen LogP contribution in [-0.2, 0) is 10.8 Å². The highest BCUT2D eigenvalue weighted by Gasteiger charge is 2.33. The number of hydrogen-bond donors (Lipinski definition) is 0. The molecule has 12 rings (SSSR count). The minimum absolute atomic E-state index is 0.0315. The van der Waals surface area contributed by atoms with Gasteiger partial charge in [-0.2, -0.15) is 5.26 Å². The van der Waals surface area contributed by atoms with E-state index in [1.165, 1.54) is 39.2 Å². The van der Waals surface area contributed by atoms with Crippen LogP contribution in [0, 0.1) is 25.2 Å². The van der Waals surface area contributed by atoms with Crippen LogP contribution in [0.5, 0.6) is 0 Å². The fourth-order valence-electron chi connectivity index (χ4n) is 11.4. The van der Waals surface area contributed by atoms with Gasteiger partial charge in [0.1, 0.15) is 12.5 Å². The Morgan fingerprint density at radius 2 is 1.05 bits per heavy atom. The first-order valence-corrected chi connectivity index (χ1v) is 26.7. The van der Waals surface area contributed by atoms with Gasteiger partial charge in [-0.1, -0.05) is 157 Å². The molecule has 77 heavy (non-hydrogen) atoms. The van der Waals surface area contributed by atoms with E-state index in [0.29, 0.717) is 12.2 Å². The summed E-state index contributed by atoms with van der Waals surface area (Å²) in [6.45, 7) is 18.8. The van der Waals surface area contributed by atoms with Gasteiger partial charge in [-0.05, 0) is 177 Å². The number of para-hydroxylation sites is 3. The Bertz CT molecular complexity index is 3880. The number of fused-ring (bicyclic) bond motifs is 6. The van der Waals surface area contributed by atoms with Gasteiger partial charge in [-0.25, -0.2) is 4.98 Å². The summed E-state index contributed by atoms with van der Waals surface area (Å²) < 4.78 is 0. The summed E-state index contributed by atoms with van der Waals surface area (Å²) in [5.41, 5.74) is 23.8. The Morgan fingerprint density at radius 3 is 1.70 bits per heavy atom. The van der Waals surface area contributed by atoms with Gasteiger partial charge in [0, 0.05) is 45.8 Å². The van der Waals surface area contributed by atoms with Crippen molar-refractivity contribution in [2.24, 2.45) is 0 Å². The van der Waals surface area contributed by atoms with Gasteiger partial charge in [-0.3, -0.25) is 4.90 Å². The molecule has 0 bridgehead atoms. The first kappa shape index (κ1) is 48.7. The molecule has 3 heterocycles. The Labute approximate surface area is 454 Å². The quantitative estimate of drug-likeness (QED) is 0.151. The monoisotopic (exact) mass is 999 g/mol. The fourth-order valence-corrected chi connectivity index (χ4v) is 11.4. The van der Waals surface area contributed by atoms with Crippen molar-refractivity contribution in [3.05, 3.63) is 246 Å². The first-order valence-electron chi connectivity index (χ1n) is 26.7. The van der Waals surface area contributed by atoms with Crippen LogP contribution >= 0.6 is 0 Å². The highest BCUT2D eigenvalue weighted by molar-refractivity contribution is 6.04. The minimum atomic E-state index is -0.0315. The summed E-state index contributed by atoms with van der Waals surface area (Å²) in [6, 6.07) is 79.2. The van der Waals surface area contributed by atoms with E-state index in [1.54, 1.807) is 0 Å². The van der Waals surface area contributed by atoms with E-state index in [2.05, 4.69) is 281 Å². The van der Waals surface area contributed by atoms with Gasteiger partial charge in [0.2, 0.25) is 0 Å². The molecule has 0 radical (unpaired) electrons. The topological polar surface area (TPSA) is 49.6 Å². The van der Waals surface area contributed by atoms with Crippen LogP contribution in [0.2, 0.25) is 0 Å². The van der Waals surface area contributed by atoms with Crippen molar-refractivity contribution in [1.29, 1.82) is 5.26 Å². The molecular weight excluding hydrogens is 937 g/mol. The van der Waals surface area contributed by atoms with Gasteiger partial charge < -0.3 is 14.7 Å². The third kappa shape index (κ3) is 8.98. The molecule has 6 nitrogen and oxygen atoms in total. The van der Waals surface area contributed by atoms with E-state index >= 15 is 0 Å².